The van der Waals surface area contributed by atoms with E-state index in [-0.39, 0.29) is 0 Å². The fourth-order valence-corrected chi connectivity index (χ4v) is 1.76. The van der Waals surface area contributed by atoms with E-state index in [1.807, 2.05) is 6.07 Å². The second kappa shape index (κ2) is 5.58. The Morgan fingerprint density at radius 2 is 1.94 bits per heavy atom. The minimum atomic E-state index is 0.637. The molecule has 0 saturated heterocycles. The Morgan fingerprint density at radius 3 is 2.53 bits per heavy atom. The van der Waals surface area contributed by atoms with Gasteiger partial charge in [0.1, 0.15) is 0 Å². The van der Waals surface area contributed by atoms with Gasteiger partial charge in [-0.3, -0.25) is 0 Å². The second-order valence-corrected chi connectivity index (χ2v) is 4.42. The van der Waals surface area contributed by atoms with Crippen molar-refractivity contribution in [1.29, 1.82) is 0 Å². The lowest BCUT2D eigenvalue weighted by Gasteiger charge is -2.10. The van der Waals surface area contributed by atoms with E-state index in [0.717, 1.165) is 17.8 Å². The molecule has 2 rings (SSSR count). The number of hydrogen-bond donors (Lipinski definition) is 1. The quantitative estimate of drug-likeness (QED) is 0.821. The average molecular weight is 229 g/mol. The first kappa shape index (κ1) is 11.8. The van der Waals surface area contributed by atoms with Crippen molar-refractivity contribution in [2.24, 2.45) is 0 Å². The van der Waals surface area contributed by atoms with Crippen LogP contribution in [0, 0.1) is 0 Å². The number of nitrogens with one attached hydrogen (secondary N) is 1. The fraction of sp³-hybridized carbons (Fsp3) is 0.333. The summed E-state index contributed by atoms with van der Waals surface area (Å²) in [7, 11) is 0. The third-order valence-corrected chi connectivity index (χ3v) is 3.17. The molecular weight excluding hydrogens is 210 g/mol. The molecule has 1 aromatic heterocycles. The molecule has 0 fully saturated rings. The van der Waals surface area contributed by atoms with Crippen LogP contribution in [0.4, 0.5) is 5.69 Å². The molecule has 0 saturated carbocycles. The molecule has 0 amide bonds. The second-order valence-electron chi connectivity index (χ2n) is 4.42. The summed E-state index contributed by atoms with van der Waals surface area (Å²) in [5.74, 6) is 0.637. The molecule has 0 aliphatic rings. The minimum absolute atomic E-state index is 0.637. The van der Waals surface area contributed by atoms with Crippen molar-refractivity contribution in [2.45, 2.75) is 32.7 Å². The Labute approximate surface area is 103 Å². The van der Waals surface area contributed by atoms with Crippen molar-refractivity contribution < 1.29 is 4.42 Å². The van der Waals surface area contributed by atoms with E-state index in [1.54, 1.807) is 12.5 Å². The number of anilines is 1. The number of furan rings is 1. The Morgan fingerprint density at radius 1 is 1.18 bits per heavy atom. The van der Waals surface area contributed by atoms with Gasteiger partial charge in [0, 0.05) is 17.8 Å². The summed E-state index contributed by atoms with van der Waals surface area (Å²) < 4.78 is 5.03. The van der Waals surface area contributed by atoms with Crippen LogP contribution in [0.3, 0.4) is 0 Å². The molecule has 2 nitrogen and oxygen atoms in total. The third kappa shape index (κ3) is 3.13. The molecule has 0 spiro atoms. The summed E-state index contributed by atoms with van der Waals surface area (Å²) in [5.41, 5.74) is 3.72. The van der Waals surface area contributed by atoms with Crippen molar-refractivity contribution in [2.75, 3.05) is 5.32 Å². The maximum Gasteiger partial charge on any atom is 0.0952 e. The van der Waals surface area contributed by atoms with Gasteiger partial charge < -0.3 is 9.73 Å². The molecule has 0 aliphatic carbocycles. The summed E-state index contributed by atoms with van der Waals surface area (Å²) in [4.78, 5) is 0. The lowest BCUT2D eigenvalue weighted by atomic mass is 9.99. The molecule has 2 aromatic rings. The van der Waals surface area contributed by atoms with Gasteiger partial charge in [-0.1, -0.05) is 26.0 Å². The van der Waals surface area contributed by atoms with Gasteiger partial charge in [0.2, 0.25) is 0 Å². The summed E-state index contributed by atoms with van der Waals surface area (Å²) in [6.45, 7) is 5.28. The van der Waals surface area contributed by atoms with Gasteiger partial charge in [-0.25, -0.2) is 0 Å². The first-order valence-electron chi connectivity index (χ1n) is 6.14. The molecule has 90 valence electrons. The van der Waals surface area contributed by atoms with Crippen LogP contribution in [-0.2, 0) is 6.54 Å². The van der Waals surface area contributed by atoms with E-state index in [1.165, 1.54) is 12.0 Å². The van der Waals surface area contributed by atoms with Gasteiger partial charge in [-0.05, 0) is 36.1 Å². The molecule has 0 radical (unpaired) electrons. The zero-order valence-corrected chi connectivity index (χ0v) is 10.4. The molecule has 2 heteroatoms. The Bertz CT molecular complexity index is 430. The van der Waals surface area contributed by atoms with Crippen LogP contribution in [0.5, 0.6) is 0 Å². The van der Waals surface area contributed by atoms with Crippen LogP contribution in [0.2, 0.25) is 0 Å². The maximum atomic E-state index is 5.03. The highest BCUT2D eigenvalue weighted by atomic mass is 16.3. The molecular formula is C15H19NO. The zero-order valence-electron chi connectivity index (χ0n) is 10.4. The Balaban J connectivity index is 1.94. The summed E-state index contributed by atoms with van der Waals surface area (Å²) in [5, 5.41) is 3.37. The van der Waals surface area contributed by atoms with Crippen LogP contribution >= 0.6 is 0 Å². The monoisotopic (exact) mass is 229 g/mol. The molecule has 1 N–H and O–H groups in total. The first-order chi connectivity index (χ1) is 8.29. The number of rotatable bonds is 5. The van der Waals surface area contributed by atoms with Crippen LogP contribution in [0.15, 0.2) is 47.3 Å². The van der Waals surface area contributed by atoms with Crippen molar-refractivity contribution >= 4 is 5.69 Å². The van der Waals surface area contributed by atoms with Gasteiger partial charge in [-0.2, -0.15) is 0 Å². The SMILES string of the molecule is CCC(C)c1ccc(NCc2ccoc2)cc1. The fourth-order valence-electron chi connectivity index (χ4n) is 1.76. The van der Waals surface area contributed by atoms with Crippen LogP contribution in [-0.4, -0.2) is 0 Å². The first-order valence-corrected chi connectivity index (χ1v) is 6.14. The molecule has 1 atom stereocenters. The van der Waals surface area contributed by atoms with E-state index in [9.17, 15) is 0 Å². The molecule has 1 unspecified atom stereocenters. The predicted octanol–water partition coefficient (Wildman–Crippen LogP) is 4.41. The van der Waals surface area contributed by atoms with E-state index < -0.39 is 0 Å². The smallest absolute Gasteiger partial charge is 0.0952 e. The molecule has 17 heavy (non-hydrogen) atoms. The zero-order chi connectivity index (χ0) is 12.1. The standard InChI is InChI=1S/C15H19NO/c1-3-12(2)14-4-6-15(7-5-14)16-10-13-8-9-17-11-13/h4-9,11-12,16H,3,10H2,1-2H3. The molecule has 1 aromatic carbocycles. The van der Waals surface area contributed by atoms with E-state index in [2.05, 4.69) is 43.4 Å². The summed E-state index contributed by atoms with van der Waals surface area (Å²) >= 11 is 0. The maximum absolute atomic E-state index is 5.03. The molecule has 1 heterocycles. The van der Waals surface area contributed by atoms with Crippen molar-refractivity contribution in [1.82, 2.24) is 0 Å². The highest BCUT2D eigenvalue weighted by Crippen LogP contribution is 2.20. The highest BCUT2D eigenvalue weighted by Gasteiger charge is 2.02. The predicted molar refractivity (Wildman–Crippen MR) is 71.2 cm³/mol. The van der Waals surface area contributed by atoms with Crippen LogP contribution < -0.4 is 5.32 Å². The van der Waals surface area contributed by atoms with Gasteiger partial charge in [0.05, 0.1) is 12.5 Å². The Kier molecular flexibility index (Phi) is 3.86. The van der Waals surface area contributed by atoms with Gasteiger partial charge in [0.15, 0.2) is 0 Å². The van der Waals surface area contributed by atoms with Crippen LogP contribution in [0.25, 0.3) is 0 Å². The van der Waals surface area contributed by atoms with Crippen molar-refractivity contribution in [3.8, 4) is 0 Å². The molecule has 0 bridgehead atoms. The van der Waals surface area contributed by atoms with Crippen molar-refractivity contribution in [3.05, 3.63) is 54.0 Å². The van der Waals surface area contributed by atoms with Crippen molar-refractivity contribution in [3.63, 3.8) is 0 Å². The topological polar surface area (TPSA) is 25.2 Å². The number of benzene rings is 1. The largest absolute Gasteiger partial charge is 0.472 e. The lowest BCUT2D eigenvalue weighted by Crippen LogP contribution is -1.98. The van der Waals surface area contributed by atoms with Gasteiger partial charge >= 0.3 is 0 Å². The lowest BCUT2D eigenvalue weighted by molar-refractivity contribution is 0.564. The van der Waals surface area contributed by atoms with Gasteiger partial charge in [-0.15, -0.1) is 0 Å². The van der Waals surface area contributed by atoms with Gasteiger partial charge in [0.25, 0.3) is 0 Å². The average Bonchev–Trinajstić information content (AvgIpc) is 2.89. The number of hydrogen-bond acceptors (Lipinski definition) is 2. The minimum Gasteiger partial charge on any atom is -0.472 e. The highest BCUT2D eigenvalue weighted by molar-refractivity contribution is 5.45. The third-order valence-electron chi connectivity index (χ3n) is 3.17. The summed E-state index contributed by atoms with van der Waals surface area (Å²) in [6.07, 6.45) is 4.64. The van der Waals surface area contributed by atoms with E-state index in [4.69, 9.17) is 4.42 Å². The summed E-state index contributed by atoms with van der Waals surface area (Å²) in [6, 6.07) is 10.7. The normalized spacial score (nSPS) is 12.4. The van der Waals surface area contributed by atoms with Crippen LogP contribution in [0.1, 0.15) is 37.3 Å². The van der Waals surface area contributed by atoms with E-state index >= 15 is 0 Å². The Hall–Kier alpha value is -1.70. The van der Waals surface area contributed by atoms with E-state index in [0.29, 0.717) is 5.92 Å². The molecule has 0 aliphatic heterocycles.